The third-order valence-electron chi connectivity index (χ3n) is 6.90. The fourth-order valence-corrected chi connectivity index (χ4v) is 5.43. The molecular formula is C21H35N5O3. The molecule has 0 aromatic carbocycles. The number of Topliss-reactive ketones (excluding diaryl/α,β-unsaturated/α-hetero) is 1. The van der Waals surface area contributed by atoms with Gasteiger partial charge in [0.2, 0.25) is 5.91 Å². The molecule has 2 unspecified atom stereocenters. The van der Waals surface area contributed by atoms with E-state index in [1.165, 1.54) is 19.3 Å². The second kappa shape index (κ2) is 10.2. The van der Waals surface area contributed by atoms with E-state index in [9.17, 15) is 14.4 Å². The van der Waals surface area contributed by atoms with Crippen molar-refractivity contribution in [2.24, 2.45) is 34.2 Å². The molecule has 0 bridgehead atoms. The minimum absolute atomic E-state index is 0.00698. The first-order chi connectivity index (χ1) is 14.0. The van der Waals surface area contributed by atoms with E-state index in [-0.39, 0.29) is 23.7 Å². The number of hydrogen-bond donors (Lipinski definition) is 3. The predicted molar refractivity (Wildman–Crippen MR) is 111 cm³/mol. The first-order valence-corrected chi connectivity index (χ1v) is 11.1. The average molecular weight is 406 g/mol. The maximum atomic E-state index is 13.4. The lowest BCUT2D eigenvalue weighted by molar-refractivity contribution is -0.144. The van der Waals surface area contributed by atoms with Gasteiger partial charge in [0.1, 0.15) is 6.29 Å². The van der Waals surface area contributed by atoms with Crippen molar-refractivity contribution >= 4 is 23.9 Å². The third kappa shape index (κ3) is 5.15. The Morgan fingerprint density at radius 3 is 2.69 bits per heavy atom. The smallest absolute Gasteiger partial charge is 0.240 e. The van der Waals surface area contributed by atoms with Crippen LogP contribution >= 0.6 is 0 Å². The van der Waals surface area contributed by atoms with Crippen molar-refractivity contribution in [3.05, 3.63) is 0 Å². The number of aldehydes is 1. The molecule has 0 aromatic heterocycles. The highest BCUT2D eigenvalue weighted by atomic mass is 16.2. The molecule has 8 heteroatoms. The second-order valence-electron chi connectivity index (χ2n) is 8.71. The molecule has 8 nitrogen and oxygen atoms in total. The number of aliphatic imine (C=N–C) groups is 1. The summed E-state index contributed by atoms with van der Waals surface area (Å²) in [6.45, 7) is 1.86. The fourth-order valence-electron chi connectivity index (χ4n) is 5.43. The maximum Gasteiger partial charge on any atom is 0.240 e. The number of carbonyl (C=O) groups excluding carboxylic acids is 3. The van der Waals surface area contributed by atoms with E-state index in [1.807, 2.05) is 0 Å². The van der Waals surface area contributed by atoms with Crippen LogP contribution in [-0.2, 0) is 14.4 Å². The Kier molecular flexibility index (Phi) is 7.64. The van der Waals surface area contributed by atoms with Gasteiger partial charge in [-0.05, 0) is 56.9 Å². The van der Waals surface area contributed by atoms with Crippen molar-refractivity contribution in [3.63, 3.8) is 0 Å². The molecule has 0 spiro atoms. The van der Waals surface area contributed by atoms with Crippen LogP contribution in [0.1, 0.15) is 57.8 Å². The molecule has 1 aliphatic carbocycles. The number of guanidine groups is 1. The summed E-state index contributed by atoms with van der Waals surface area (Å²) in [5.41, 5.74) is 10.6. The van der Waals surface area contributed by atoms with E-state index >= 15 is 0 Å². The number of rotatable bonds is 8. The SMILES string of the molecule is NC(N)=NCCC[C@@H](C=O)C(=O)[C@@H]1CCCN1C(=O)[C@H]1NCCC2CCCCC21. The lowest BCUT2D eigenvalue weighted by Crippen LogP contribution is -2.58. The third-order valence-corrected chi connectivity index (χ3v) is 6.90. The Morgan fingerprint density at radius 2 is 1.93 bits per heavy atom. The normalized spacial score (nSPS) is 30.3. The Hall–Kier alpha value is -1.96. The Labute approximate surface area is 172 Å². The van der Waals surface area contributed by atoms with Gasteiger partial charge in [-0.2, -0.15) is 0 Å². The van der Waals surface area contributed by atoms with Crippen molar-refractivity contribution in [1.82, 2.24) is 10.2 Å². The molecule has 3 rings (SSSR count). The quantitative estimate of drug-likeness (QED) is 0.178. The topological polar surface area (TPSA) is 131 Å². The Morgan fingerprint density at radius 1 is 1.14 bits per heavy atom. The van der Waals surface area contributed by atoms with E-state index in [0.717, 1.165) is 32.1 Å². The van der Waals surface area contributed by atoms with Gasteiger partial charge in [0.25, 0.3) is 0 Å². The average Bonchev–Trinajstić information content (AvgIpc) is 3.22. The summed E-state index contributed by atoms with van der Waals surface area (Å²) in [6, 6.07) is -0.662. The van der Waals surface area contributed by atoms with Gasteiger partial charge in [0.05, 0.1) is 18.0 Å². The highest BCUT2D eigenvalue weighted by molar-refractivity contribution is 5.99. The van der Waals surface area contributed by atoms with Crippen LogP contribution in [0, 0.1) is 17.8 Å². The van der Waals surface area contributed by atoms with Gasteiger partial charge in [0.15, 0.2) is 11.7 Å². The summed E-state index contributed by atoms with van der Waals surface area (Å²) in [6.07, 6.45) is 9.00. The van der Waals surface area contributed by atoms with Crippen LogP contribution in [0.3, 0.4) is 0 Å². The molecule has 29 heavy (non-hydrogen) atoms. The molecule has 2 saturated heterocycles. The van der Waals surface area contributed by atoms with E-state index in [4.69, 9.17) is 11.5 Å². The van der Waals surface area contributed by atoms with Crippen molar-refractivity contribution in [1.29, 1.82) is 0 Å². The minimum Gasteiger partial charge on any atom is -0.370 e. The number of fused-ring (bicyclic) bond motifs is 1. The molecule has 0 aromatic rings. The second-order valence-corrected chi connectivity index (χ2v) is 8.71. The zero-order chi connectivity index (χ0) is 20.8. The molecule has 3 aliphatic rings. The van der Waals surface area contributed by atoms with Gasteiger partial charge < -0.3 is 26.5 Å². The van der Waals surface area contributed by atoms with Crippen LogP contribution in [0.2, 0.25) is 0 Å². The Bertz CT molecular complexity index is 632. The van der Waals surface area contributed by atoms with Gasteiger partial charge in [-0.1, -0.05) is 19.3 Å². The molecule has 1 saturated carbocycles. The molecule has 3 fully saturated rings. The van der Waals surface area contributed by atoms with Crippen LogP contribution < -0.4 is 16.8 Å². The Balaban J connectivity index is 1.63. The van der Waals surface area contributed by atoms with E-state index < -0.39 is 12.0 Å². The molecule has 2 aliphatic heterocycles. The number of ketones is 1. The highest BCUT2D eigenvalue weighted by Gasteiger charge is 2.44. The highest BCUT2D eigenvalue weighted by Crippen LogP contribution is 2.38. The van der Waals surface area contributed by atoms with Crippen LogP contribution in [0.4, 0.5) is 0 Å². The van der Waals surface area contributed by atoms with Crippen molar-refractivity contribution in [2.45, 2.75) is 69.9 Å². The van der Waals surface area contributed by atoms with Crippen LogP contribution in [0.15, 0.2) is 4.99 Å². The molecule has 5 N–H and O–H groups in total. The monoisotopic (exact) mass is 405 g/mol. The van der Waals surface area contributed by atoms with Gasteiger partial charge in [0, 0.05) is 13.1 Å². The van der Waals surface area contributed by atoms with Gasteiger partial charge in [-0.15, -0.1) is 0 Å². The summed E-state index contributed by atoms with van der Waals surface area (Å²) in [7, 11) is 0. The number of nitrogens with one attached hydrogen (secondary N) is 1. The lowest BCUT2D eigenvalue weighted by atomic mass is 9.71. The van der Waals surface area contributed by atoms with Crippen molar-refractivity contribution in [3.8, 4) is 0 Å². The first kappa shape index (κ1) is 21.7. The summed E-state index contributed by atoms with van der Waals surface area (Å²) in [4.78, 5) is 43.7. The van der Waals surface area contributed by atoms with E-state index in [2.05, 4.69) is 10.3 Å². The summed E-state index contributed by atoms with van der Waals surface area (Å²) >= 11 is 0. The standard InChI is InChI=1S/C21H35N5O3/c22-21(23)25-10-3-6-15(13-27)19(28)17-8-4-12-26(17)20(29)18-16-7-2-1-5-14(16)9-11-24-18/h13-18,24H,1-12H2,(H4,22,23,25)/t14?,15-,16?,17-,18-/m0/s1. The summed E-state index contributed by atoms with van der Waals surface area (Å²) in [5.74, 6) is 0.225. The van der Waals surface area contributed by atoms with E-state index in [1.54, 1.807) is 4.90 Å². The van der Waals surface area contributed by atoms with Crippen LogP contribution in [-0.4, -0.2) is 60.6 Å². The lowest BCUT2D eigenvalue weighted by Gasteiger charge is -2.43. The predicted octanol–water partition coefficient (Wildman–Crippen LogP) is 0.584. The van der Waals surface area contributed by atoms with Gasteiger partial charge in [-0.25, -0.2) is 0 Å². The number of hydrogen-bond acceptors (Lipinski definition) is 5. The molecular weight excluding hydrogens is 370 g/mol. The van der Waals surface area contributed by atoms with Crippen LogP contribution in [0.5, 0.6) is 0 Å². The molecule has 1 amide bonds. The van der Waals surface area contributed by atoms with E-state index in [0.29, 0.717) is 44.2 Å². The largest absolute Gasteiger partial charge is 0.370 e. The summed E-state index contributed by atoms with van der Waals surface area (Å²) < 4.78 is 0. The molecule has 2 heterocycles. The van der Waals surface area contributed by atoms with Gasteiger partial charge in [-0.3, -0.25) is 14.6 Å². The zero-order valence-electron chi connectivity index (χ0n) is 17.2. The maximum absolute atomic E-state index is 13.4. The minimum atomic E-state index is -0.704. The molecule has 5 atom stereocenters. The fraction of sp³-hybridized carbons (Fsp3) is 0.810. The summed E-state index contributed by atoms with van der Waals surface area (Å²) in [5, 5.41) is 3.44. The number of nitrogens with two attached hydrogens (primary N) is 2. The number of likely N-dealkylation sites (tertiary alicyclic amines) is 1. The number of nitrogens with zero attached hydrogens (tertiary/aromatic N) is 2. The van der Waals surface area contributed by atoms with Gasteiger partial charge >= 0.3 is 0 Å². The molecule has 0 radical (unpaired) electrons. The van der Waals surface area contributed by atoms with Crippen LogP contribution in [0.25, 0.3) is 0 Å². The first-order valence-electron chi connectivity index (χ1n) is 11.1. The van der Waals surface area contributed by atoms with Crippen molar-refractivity contribution < 1.29 is 14.4 Å². The van der Waals surface area contributed by atoms with Crippen molar-refractivity contribution in [2.75, 3.05) is 19.6 Å². The number of carbonyl (C=O) groups is 3. The number of amides is 1. The zero-order valence-corrected chi connectivity index (χ0v) is 17.2. The number of piperidine rings is 1. The molecule has 162 valence electrons.